The molecule has 0 aliphatic rings. The zero-order chi connectivity index (χ0) is 27.5. The average molecular weight is 533 g/mol. The van der Waals surface area contributed by atoms with Crippen molar-refractivity contribution in [3.05, 3.63) is 100 Å². The zero-order valence-electron chi connectivity index (χ0n) is 20.3. The molecule has 9 nitrogen and oxygen atoms in total. The molecular formula is C28H21F2N3O6. The summed E-state index contributed by atoms with van der Waals surface area (Å²) in [4.78, 5) is 37.4. The lowest BCUT2D eigenvalue weighted by Crippen LogP contribution is -2.27. The van der Waals surface area contributed by atoms with Gasteiger partial charge in [0.2, 0.25) is 0 Å². The second-order valence-electron chi connectivity index (χ2n) is 8.92. The van der Waals surface area contributed by atoms with Crippen LogP contribution < -0.4 is 10.3 Å². The number of halogens is 2. The number of rotatable bonds is 10. The number of ketones is 1. The van der Waals surface area contributed by atoms with Gasteiger partial charge in [0.15, 0.2) is 11.5 Å². The van der Waals surface area contributed by atoms with Gasteiger partial charge < -0.3 is 14.3 Å². The summed E-state index contributed by atoms with van der Waals surface area (Å²) in [5.74, 6) is -3.68. The first kappa shape index (κ1) is 25.7. The highest BCUT2D eigenvalue weighted by Crippen LogP contribution is 2.27. The number of carboxylic acids is 1. The molecule has 0 spiro atoms. The standard InChI is InChI=1S/C28H21F2N3O6/c29-19-5-7-22(30)18(11-19)15-38-20-6-8-25-17(12-20)14-26(39-25)24(34)13-16(28(36)37)9-10-33-27(35)21-3-1-2-4-23(21)31-32-33/h1-8,11-12,14,16H,9-10,13,15H2,(H,36,37). The second kappa shape index (κ2) is 10.8. The van der Waals surface area contributed by atoms with E-state index in [1.54, 1.807) is 42.5 Å². The molecule has 2 aromatic heterocycles. The predicted molar refractivity (Wildman–Crippen MR) is 135 cm³/mol. The van der Waals surface area contributed by atoms with Gasteiger partial charge in [0.25, 0.3) is 5.56 Å². The van der Waals surface area contributed by atoms with Crippen LogP contribution in [0.3, 0.4) is 0 Å². The number of Topliss-reactive ketones (excluding diaryl/α,β-unsaturated/α-hetero) is 1. The Hall–Kier alpha value is -4.93. The van der Waals surface area contributed by atoms with Crippen molar-refractivity contribution < 1.29 is 32.6 Å². The van der Waals surface area contributed by atoms with E-state index in [0.29, 0.717) is 27.6 Å². The lowest BCUT2D eigenvalue weighted by molar-refractivity contribution is -0.142. The summed E-state index contributed by atoms with van der Waals surface area (Å²) in [7, 11) is 0. The number of carboxylic acid groups (broad SMARTS) is 1. The van der Waals surface area contributed by atoms with Gasteiger partial charge in [0, 0.05) is 23.9 Å². The van der Waals surface area contributed by atoms with E-state index in [9.17, 15) is 28.3 Å². The van der Waals surface area contributed by atoms with E-state index in [2.05, 4.69) is 10.3 Å². The van der Waals surface area contributed by atoms with E-state index >= 15 is 0 Å². The number of aryl methyl sites for hydroxylation is 1. The van der Waals surface area contributed by atoms with E-state index in [-0.39, 0.29) is 37.3 Å². The van der Waals surface area contributed by atoms with Crippen molar-refractivity contribution in [1.82, 2.24) is 15.0 Å². The Labute approximate surface area is 219 Å². The van der Waals surface area contributed by atoms with Crippen LogP contribution in [0, 0.1) is 17.6 Å². The van der Waals surface area contributed by atoms with Gasteiger partial charge in [-0.2, -0.15) is 0 Å². The minimum absolute atomic E-state index is 0.0249. The number of fused-ring (bicyclic) bond motifs is 2. The van der Waals surface area contributed by atoms with E-state index in [4.69, 9.17) is 9.15 Å². The first-order chi connectivity index (χ1) is 18.8. The molecule has 0 bridgehead atoms. The Kier molecular flexibility index (Phi) is 7.13. The summed E-state index contributed by atoms with van der Waals surface area (Å²) in [6.45, 7) is -0.239. The highest BCUT2D eigenvalue weighted by Gasteiger charge is 2.24. The van der Waals surface area contributed by atoms with Crippen LogP contribution in [-0.4, -0.2) is 31.9 Å². The predicted octanol–water partition coefficient (Wildman–Crippen LogP) is 4.76. The SMILES string of the molecule is O=C(CC(CCn1nnc2ccccc2c1=O)C(=O)O)c1cc2cc(OCc3cc(F)ccc3F)ccc2o1. The van der Waals surface area contributed by atoms with Crippen LogP contribution in [0.25, 0.3) is 21.9 Å². The number of carbonyl (C=O) groups excluding carboxylic acids is 1. The summed E-state index contributed by atoms with van der Waals surface area (Å²) < 4.78 is 39.5. The Bertz CT molecular complexity index is 1760. The van der Waals surface area contributed by atoms with Crippen LogP contribution in [0.15, 0.2) is 75.9 Å². The Morgan fingerprint density at radius 2 is 1.87 bits per heavy atom. The van der Waals surface area contributed by atoms with Crippen LogP contribution in [0.2, 0.25) is 0 Å². The van der Waals surface area contributed by atoms with Gasteiger partial charge in [0.1, 0.15) is 35.1 Å². The molecule has 0 amide bonds. The molecule has 198 valence electrons. The minimum Gasteiger partial charge on any atom is -0.489 e. The summed E-state index contributed by atoms with van der Waals surface area (Å²) in [6.07, 6.45) is -0.379. The third kappa shape index (κ3) is 5.66. The van der Waals surface area contributed by atoms with Crippen LogP contribution in [-0.2, 0) is 17.9 Å². The molecule has 0 saturated carbocycles. The molecule has 0 radical (unpaired) electrons. The molecule has 5 rings (SSSR count). The highest BCUT2D eigenvalue weighted by molar-refractivity contribution is 5.99. The number of benzene rings is 3. The highest BCUT2D eigenvalue weighted by atomic mass is 19.1. The summed E-state index contributed by atoms with van der Waals surface area (Å²) in [6, 6.07) is 15.9. The first-order valence-electron chi connectivity index (χ1n) is 12.0. The quantitative estimate of drug-likeness (QED) is 0.255. The number of ether oxygens (including phenoxy) is 1. The number of hydrogen-bond donors (Lipinski definition) is 1. The summed E-state index contributed by atoms with van der Waals surface area (Å²) in [5, 5.41) is 18.4. The Morgan fingerprint density at radius 3 is 2.69 bits per heavy atom. The second-order valence-corrected chi connectivity index (χ2v) is 8.92. The topological polar surface area (TPSA) is 125 Å². The number of furan rings is 1. The number of nitrogens with zero attached hydrogens (tertiary/aromatic N) is 3. The van der Waals surface area contributed by atoms with Crippen molar-refractivity contribution in [3.63, 3.8) is 0 Å². The molecular weight excluding hydrogens is 512 g/mol. The van der Waals surface area contributed by atoms with E-state index in [0.717, 1.165) is 22.9 Å². The smallest absolute Gasteiger partial charge is 0.307 e. The van der Waals surface area contributed by atoms with E-state index < -0.39 is 34.9 Å². The lowest BCUT2D eigenvalue weighted by atomic mass is 9.98. The summed E-state index contributed by atoms with van der Waals surface area (Å²) >= 11 is 0. The monoisotopic (exact) mass is 533 g/mol. The van der Waals surface area contributed by atoms with Crippen molar-refractivity contribution >= 4 is 33.6 Å². The number of hydrogen-bond acceptors (Lipinski definition) is 7. The Morgan fingerprint density at radius 1 is 1.05 bits per heavy atom. The van der Waals surface area contributed by atoms with Gasteiger partial charge in [-0.1, -0.05) is 17.3 Å². The van der Waals surface area contributed by atoms with Gasteiger partial charge >= 0.3 is 5.97 Å². The third-order valence-electron chi connectivity index (χ3n) is 6.26. The molecule has 0 saturated heterocycles. The van der Waals surface area contributed by atoms with Crippen LogP contribution in [0.4, 0.5) is 8.78 Å². The van der Waals surface area contributed by atoms with E-state index in [1.165, 1.54) is 6.07 Å². The lowest BCUT2D eigenvalue weighted by Gasteiger charge is -2.11. The molecule has 2 heterocycles. The van der Waals surface area contributed by atoms with Crippen LogP contribution in [0.1, 0.15) is 29.0 Å². The molecule has 0 aliphatic carbocycles. The van der Waals surface area contributed by atoms with Crippen LogP contribution in [0.5, 0.6) is 5.75 Å². The molecule has 11 heteroatoms. The molecule has 1 N–H and O–H groups in total. The van der Waals surface area contributed by atoms with Crippen molar-refractivity contribution in [1.29, 1.82) is 0 Å². The average Bonchev–Trinajstić information content (AvgIpc) is 3.36. The fraction of sp³-hybridized carbons (Fsp3) is 0.179. The van der Waals surface area contributed by atoms with Crippen molar-refractivity contribution in [2.75, 3.05) is 0 Å². The molecule has 39 heavy (non-hydrogen) atoms. The summed E-state index contributed by atoms with van der Waals surface area (Å²) in [5.41, 5.74) is 0.456. The molecule has 0 aliphatic heterocycles. The molecule has 3 aromatic carbocycles. The van der Waals surface area contributed by atoms with Crippen LogP contribution >= 0.6 is 0 Å². The Balaban J connectivity index is 1.26. The normalized spacial score (nSPS) is 12.1. The fourth-order valence-corrected chi connectivity index (χ4v) is 4.15. The molecule has 1 atom stereocenters. The number of aliphatic carboxylic acids is 1. The molecule has 1 unspecified atom stereocenters. The molecule has 5 aromatic rings. The number of carbonyl (C=O) groups is 2. The van der Waals surface area contributed by atoms with Gasteiger partial charge in [-0.05, 0) is 61.0 Å². The van der Waals surface area contributed by atoms with Gasteiger partial charge in [0.05, 0.1) is 11.3 Å². The fourth-order valence-electron chi connectivity index (χ4n) is 4.15. The molecule has 0 fully saturated rings. The first-order valence-corrected chi connectivity index (χ1v) is 12.0. The minimum atomic E-state index is -1.19. The zero-order valence-corrected chi connectivity index (χ0v) is 20.3. The van der Waals surface area contributed by atoms with Crippen molar-refractivity contribution in [2.45, 2.75) is 26.0 Å². The van der Waals surface area contributed by atoms with Gasteiger partial charge in [-0.15, -0.1) is 5.10 Å². The maximum absolute atomic E-state index is 13.8. The van der Waals surface area contributed by atoms with Gasteiger partial charge in [-0.3, -0.25) is 14.4 Å². The largest absolute Gasteiger partial charge is 0.489 e. The third-order valence-corrected chi connectivity index (χ3v) is 6.26. The van der Waals surface area contributed by atoms with Gasteiger partial charge in [-0.25, -0.2) is 13.5 Å². The van der Waals surface area contributed by atoms with Crippen molar-refractivity contribution in [2.24, 2.45) is 5.92 Å². The number of aromatic nitrogens is 3. The maximum Gasteiger partial charge on any atom is 0.307 e. The van der Waals surface area contributed by atoms with E-state index in [1.807, 2.05) is 0 Å². The van der Waals surface area contributed by atoms with Crippen molar-refractivity contribution in [3.8, 4) is 5.75 Å². The maximum atomic E-state index is 13.8.